The van der Waals surface area contributed by atoms with Crippen LogP contribution in [0.4, 0.5) is 4.79 Å². The Labute approximate surface area is 122 Å². The van der Waals surface area contributed by atoms with Gasteiger partial charge in [0.15, 0.2) is 0 Å². The summed E-state index contributed by atoms with van der Waals surface area (Å²) in [5, 5.41) is 8.61. The van der Waals surface area contributed by atoms with Crippen LogP contribution in [0, 0.1) is 0 Å². The fourth-order valence-corrected chi connectivity index (χ4v) is 2.86. The molecular formula is C13H21N3O5. The van der Waals surface area contributed by atoms with E-state index in [0.717, 1.165) is 12.8 Å². The minimum Gasteiger partial charge on any atom is -0.480 e. The molecule has 3 N–H and O–H groups in total. The minimum atomic E-state index is -1.04. The number of nitrogens with two attached hydrogens (primary N) is 1. The number of carbonyl (C=O) groups is 3. The fourth-order valence-electron chi connectivity index (χ4n) is 2.86. The van der Waals surface area contributed by atoms with E-state index in [2.05, 4.69) is 0 Å². The first-order chi connectivity index (χ1) is 9.82. The summed E-state index contributed by atoms with van der Waals surface area (Å²) in [4.78, 5) is 37.4. The molecule has 0 saturated carbocycles. The average Bonchev–Trinajstić information content (AvgIpc) is 2.41. The summed E-state index contributed by atoms with van der Waals surface area (Å²) in [5.41, 5.74) is 4.72. The van der Waals surface area contributed by atoms with Crippen LogP contribution in [0.25, 0.3) is 0 Å². The van der Waals surface area contributed by atoms with Gasteiger partial charge in [0.25, 0.3) is 0 Å². The molecule has 0 bridgehead atoms. The number of aliphatic carboxylic acids is 1. The highest BCUT2D eigenvalue weighted by Crippen LogP contribution is 2.28. The van der Waals surface area contributed by atoms with Gasteiger partial charge in [-0.1, -0.05) is 0 Å². The van der Waals surface area contributed by atoms with Crippen molar-refractivity contribution in [2.24, 2.45) is 5.73 Å². The number of rotatable bonds is 4. The number of carboxylic acid groups (broad SMARTS) is 1. The van der Waals surface area contributed by atoms with Crippen LogP contribution in [0.5, 0.6) is 0 Å². The molecule has 118 valence electrons. The highest BCUT2D eigenvalue weighted by molar-refractivity contribution is 5.86. The SMILES string of the molecule is CC1(OCC(=O)O)CN(C(=O)N2CCCCC2C(N)=O)C1. The molecule has 8 nitrogen and oxygen atoms in total. The van der Waals surface area contributed by atoms with Crippen LogP contribution in [0.15, 0.2) is 0 Å². The van der Waals surface area contributed by atoms with Gasteiger partial charge in [-0.2, -0.15) is 0 Å². The van der Waals surface area contributed by atoms with E-state index >= 15 is 0 Å². The molecule has 1 unspecified atom stereocenters. The van der Waals surface area contributed by atoms with Gasteiger partial charge in [0, 0.05) is 6.54 Å². The summed E-state index contributed by atoms with van der Waals surface area (Å²) in [5.74, 6) is -1.51. The molecule has 0 spiro atoms. The van der Waals surface area contributed by atoms with E-state index in [9.17, 15) is 14.4 Å². The number of hydrogen-bond acceptors (Lipinski definition) is 4. The third-order valence-corrected chi connectivity index (χ3v) is 3.94. The molecule has 0 radical (unpaired) electrons. The molecular weight excluding hydrogens is 278 g/mol. The molecule has 2 aliphatic heterocycles. The van der Waals surface area contributed by atoms with E-state index in [1.54, 1.807) is 11.8 Å². The van der Waals surface area contributed by atoms with Crippen LogP contribution in [-0.2, 0) is 14.3 Å². The Morgan fingerprint density at radius 2 is 2.00 bits per heavy atom. The molecule has 2 fully saturated rings. The van der Waals surface area contributed by atoms with Crippen molar-refractivity contribution in [3.63, 3.8) is 0 Å². The number of carbonyl (C=O) groups excluding carboxylic acids is 2. The highest BCUT2D eigenvalue weighted by atomic mass is 16.5. The van der Waals surface area contributed by atoms with Crippen molar-refractivity contribution in [1.82, 2.24) is 9.80 Å². The summed E-state index contributed by atoms with van der Waals surface area (Å²) in [6.45, 7) is 2.55. The Morgan fingerprint density at radius 1 is 1.33 bits per heavy atom. The van der Waals surface area contributed by atoms with Crippen molar-refractivity contribution in [3.05, 3.63) is 0 Å². The first kappa shape index (κ1) is 15.6. The molecule has 2 rings (SSSR count). The van der Waals surface area contributed by atoms with E-state index in [0.29, 0.717) is 26.1 Å². The second-order valence-electron chi connectivity index (χ2n) is 5.88. The smallest absolute Gasteiger partial charge is 0.329 e. The largest absolute Gasteiger partial charge is 0.480 e. The van der Waals surface area contributed by atoms with E-state index in [1.807, 2.05) is 0 Å². The number of piperidine rings is 1. The average molecular weight is 299 g/mol. The summed E-state index contributed by atoms with van der Waals surface area (Å²) in [7, 11) is 0. The Kier molecular flexibility index (Phi) is 4.36. The second-order valence-corrected chi connectivity index (χ2v) is 5.88. The first-order valence-corrected chi connectivity index (χ1v) is 7.03. The normalized spacial score (nSPS) is 24.3. The lowest BCUT2D eigenvalue weighted by atomic mass is 9.96. The van der Waals surface area contributed by atoms with Gasteiger partial charge < -0.3 is 25.4 Å². The topological polar surface area (TPSA) is 113 Å². The molecule has 21 heavy (non-hydrogen) atoms. The van der Waals surface area contributed by atoms with Crippen molar-refractivity contribution in [2.45, 2.75) is 37.8 Å². The number of primary amides is 1. The van der Waals surface area contributed by atoms with Gasteiger partial charge in [-0.15, -0.1) is 0 Å². The Hall–Kier alpha value is -1.83. The third kappa shape index (κ3) is 3.44. The number of hydrogen-bond donors (Lipinski definition) is 2. The molecule has 0 aromatic carbocycles. The number of urea groups is 1. The number of ether oxygens (including phenoxy) is 1. The summed E-state index contributed by atoms with van der Waals surface area (Å²) in [6, 6.07) is -0.770. The summed E-state index contributed by atoms with van der Waals surface area (Å²) in [6.07, 6.45) is 2.34. The van der Waals surface area contributed by atoms with Crippen LogP contribution >= 0.6 is 0 Å². The standard InChI is InChI=1S/C13H21N3O5/c1-13(21-6-10(17)18)7-15(8-13)12(20)16-5-3-2-4-9(16)11(14)19/h9H,2-8H2,1H3,(H2,14,19)(H,17,18). The fraction of sp³-hybridized carbons (Fsp3) is 0.769. The van der Waals surface area contributed by atoms with E-state index in [4.69, 9.17) is 15.6 Å². The predicted octanol–water partition coefficient (Wildman–Crippen LogP) is -0.378. The Bertz CT molecular complexity index is 447. The molecule has 3 amide bonds. The maximum atomic E-state index is 12.4. The molecule has 8 heteroatoms. The summed E-state index contributed by atoms with van der Waals surface area (Å²) < 4.78 is 5.27. The van der Waals surface area contributed by atoms with Crippen LogP contribution in [-0.4, -0.2) is 70.7 Å². The monoisotopic (exact) mass is 299 g/mol. The van der Waals surface area contributed by atoms with E-state index in [-0.39, 0.29) is 12.6 Å². The van der Waals surface area contributed by atoms with Crippen molar-refractivity contribution in [2.75, 3.05) is 26.2 Å². The predicted molar refractivity (Wildman–Crippen MR) is 72.5 cm³/mol. The highest BCUT2D eigenvalue weighted by Gasteiger charge is 2.45. The Morgan fingerprint density at radius 3 is 2.57 bits per heavy atom. The quantitative estimate of drug-likeness (QED) is 0.734. The lowest BCUT2D eigenvalue weighted by molar-refractivity contribution is -0.160. The van der Waals surface area contributed by atoms with Crippen molar-refractivity contribution in [1.29, 1.82) is 0 Å². The van der Waals surface area contributed by atoms with Gasteiger partial charge in [0.2, 0.25) is 5.91 Å². The number of likely N-dealkylation sites (tertiary alicyclic amines) is 2. The van der Waals surface area contributed by atoms with Crippen LogP contribution in [0.3, 0.4) is 0 Å². The maximum absolute atomic E-state index is 12.4. The van der Waals surface area contributed by atoms with Crippen LogP contribution in [0.2, 0.25) is 0 Å². The molecule has 1 atom stereocenters. The molecule has 0 aromatic heterocycles. The molecule has 0 aromatic rings. The minimum absolute atomic E-state index is 0.227. The summed E-state index contributed by atoms with van der Waals surface area (Å²) >= 11 is 0. The second kappa shape index (κ2) is 5.88. The van der Waals surface area contributed by atoms with Crippen LogP contribution < -0.4 is 5.73 Å². The van der Waals surface area contributed by atoms with Gasteiger partial charge in [-0.3, -0.25) is 4.79 Å². The van der Waals surface area contributed by atoms with Gasteiger partial charge in [0.1, 0.15) is 18.2 Å². The van der Waals surface area contributed by atoms with Crippen molar-refractivity contribution in [3.8, 4) is 0 Å². The van der Waals surface area contributed by atoms with E-state index < -0.39 is 23.5 Å². The van der Waals surface area contributed by atoms with E-state index in [1.165, 1.54) is 4.90 Å². The first-order valence-electron chi connectivity index (χ1n) is 7.03. The lowest BCUT2D eigenvalue weighted by Gasteiger charge is -2.49. The number of nitrogens with zero attached hydrogens (tertiary/aromatic N) is 2. The third-order valence-electron chi connectivity index (χ3n) is 3.94. The van der Waals surface area contributed by atoms with Crippen LogP contribution in [0.1, 0.15) is 26.2 Å². The molecule has 0 aliphatic carbocycles. The zero-order chi connectivity index (χ0) is 15.6. The molecule has 2 saturated heterocycles. The van der Waals surface area contributed by atoms with Crippen molar-refractivity contribution < 1.29 is 24.2 Å². The lowest BCUT2D eigenvalue weighted by Crippen LogP contribution is -2.67. The van der Waals surface area contributed by atoms with Crippen molar-refractivity contribution >= 4 is 17.9 Å². The van der Waals surface area contributed by atoms with Gasteiger partial charge in [-0.05, 0) is 26.2 Å². The zero-order valence-corrected chi connectivity index (χ0v) is 12.1. The zero-order valence-electron chi connectivity index (χ0n) is 12.1. The van der Waals surface area contributed by atoms with Gasteiger partial charge in [0.05, 0.1) is 13.1 Å². The van der Waals surface area contributed by atoms with Gasteiger partial charge in [-0.25, -0.2) is 9.59 Å². The molecule has 2 aliphatic rings. The van der Waals surface area contributed by atoms with Gasteiger partial charge >= 0.3 is 12.0 Å². The number of carboxylic acids is 1. The maximum Gasteiger partial charge on any atom is 0.329 e. The molecule has 2 heterocycles. The number of amides is 3. The Balaban J connectivity index is 1.90.